The van der Waals surface area contributed by atoms with Crippen LogP contribution in [0.15, 0.2) is 47.4 Å². The molecule has 1 unspecified atom stereocenters. The van der Waals surface area contributed by atoms with Crippen molar-refractivity contribution >= 4 is 27.5 Å². The normalized spacial score (nSPS) is 19.5. The van der Waals surface area contributed by atoms with Crippen LogP contribution in [0.2, 0.25) is 0 Å². The van der Waals surface area contributed by atoms with E-state index >= 15 is 0 Å². The van der Waals surface area contributed by atoms with Crippen LogP contribution < -0.4 is 4.90 Å². The summed E-state index contributed by atoms with van der Waals surface area (Å²) in [6.45, 7) is 0.355. The van der Waals surface area contributed by atoms with E-state index in [4.69, 9.17) is 0 Å². The van der Waals surface area contributed by atoms with Gasteiger partial charge in [-0.25, -0.2) is 17.2 Å². The van der Waals surface area contributed by atoms with Gasteiger partial charge in [0.25, 0.3) is 0 Å². The Hall–Kier alpha value is -3.36. The number of piperazine rings is 1. The van der Waals surface area contributed by atoms with Gasteiger partial charge in [-0.05, 0) is 24.3 Å². The number of carbonyl (C=O) groups is 2. The molecule has 1 atom stereocenters. The molecule has 0 aromatic heterocycles. The van der Waals surface area contributed by atoms with Crippen molar-refractivity contribution in [1.82, 2.24) is 9.21 Å². The molecule has 2 amide bonds. The first-order chi connectivity index (χ1) is 15.7. The average Bonchev–Trinajstić information content (AvgIpc) is 3.19. The first-order valence-electron chi connectivity index (χ1n) is 10.2. The predicted molar refractivity (Wildman–Crippen MR) is 113 cm³/mol. The Morgan fingerprint density at radius 3 is 2.30 bits per heavy atom. The second kappa shape index (κ2) is 8.88. The zero-order chi connectivity index (χ0) is 23.8. The van der Waals surface area contributed by atoms with Crippen molar-refractivity contribution in [2.24, 2.45) is 5.92 Å². The van der Waals surface area contributed by atoms with Crippen molar-refractivity contribution in [3.8, 4) is 6.07 Å². The fourth-order valence-electron chi connectivity index (χ4n) is 4.15. The number of nitriles is 1. The molecular weight excluding hydrogens is 454 g/mol. The first-order valence-corrected chi connectivity index (χ1v) is 11.7. The van der Waals surface area contributed by atoms with Gasteiger partial charge in [0.05, 0.1) is 16.4 Å². The Labute approximate surface area is 189 Å². The molecule has 11 heteroatoms. The molecule has 4 rings (SSSR count). The molecule has 0 aliphatic carbocycles. The van der Waals surface area contributed by atoms with Crippen LogP contribution in [-0.4, -0.2) is 62.2 Å². The lowest BCUT2D eigenvalue weighted by Gasteiger charge is -2.35. The fourth-order valence-corrected chi connectivity index (χ4v) is 5.71. The van der Waals surface area contributed by atoms with Crippen LogP contribution in [0.4, 0.5) is 14.5 Å². The van der Waals surface area contributed by atoms with Crippen molar-refractivity contribution in [3.05, 3.63) is 59.7 Å². The van der Waals surface area contributed by atoms with E-state index in [0.717, 1.165) is 12.1 Å². The molecule has 2 saturated heterocycles. The van der Waals surface area contributed by atoms with Crippen molar-refractivity contribution < 1.29 is 26.8 Å². The number of rotatable bonds is 4. The topological polar surface area (TPSA) is 102 Å². The molecule has 33 heavy (non-hydrogen) atoms. The predicted octanol–water partition coefficient (Wildman–Crippen LogP) is 1.72. The summed E-state index contributed by atoms with van der Waals surface area (Å²) >= 11 is 0. The van der Waals surface area contributed by atoms with Crippen LogP contribution in [0, 0.1) is 28.9 Å². The van der Waals surface area contributed by atoms with Crippen molar-refractivity contribution in [3.63, 3.8) is 0 Å². The van der Waals surface area contributed by atoms with Gasteiger partial charge < -0.3 is 9.80 Å². The van der Waals surface area contributed by atoms with Gasteiger partial charge in [-0.2, -0.15) is 9.57 Å². The summed E-state index contributed by atoms with van der Waals surface area (Å²) in [5, 5.41) is 9.21. The summed E-state index contributed by atoms with van der Waals surface area (Å²) in [6.07, 6.45) is -0.0922. The van der Waals surface area contributed by atoms with E-state index in [1.807, 2.05) is 6.07 Å². The Balaban J connectivity index is 1.42. The van der Waals surface area contributed by atoms with Gasteiger partial charge in [-0.15, -0.1) is 0 Å². The summed E-state index contributed by atoms with van der Waals surface area (Å²) in [6, 6.07) is 10.6. The summed E-state index contributed by atoms with van der Waals surface area (Å²) in [5.41, 5.74) is 0.106. The number of hydrogen-bond acceptors (Lipinski definition) is 5. The van der Waals surface area contributed by atoms with Crippen molar-refractivity contribution in [2.75, 3.05) is 37.6 Å². The highest BCUT2D eigenvalue weighted by atomic mass is 32.2. The molecule has 0 saturated carbocycles. The van der Waals surface area contributed by atoms with Gasteiger partial charge in [-0.3, -0.25) is 9.59 Å². The molecule has 2 aromatic carbocycles. The summed E-state index contributed by atoms with van der Waals surface area (Å²) in [7, 11) is -3.90. The second-order valence-corrected chi connectivity index (χ2v) is 9.78. The maximum atomic E-state index is 13.5. The molecule has 0 radical (unpaired) electrons. The van der Waals surface area contributed by atoms with E-state index in [1.54, 1.807) is 12.1 Å². The number of halogens is 2. The number of amides is 2. The number of nitrogens with zero attached hydrogens (tertiary/aromatic N) is 4. The molecule has 2 aliphatic heterocycles. The van der Waals surface area contributed by atoms with Crippen molar-refractivity contribution in [1.29, 1.82) is 5.26 Å². The minimum atomic E-state index is -3.90. The Morgan fingerprint density at radius 2 is 1.67 bits per heavy atom. The molecule has 2 aliphatic rings. The molecule has 8 nitrogen and oxygen atoms in total. The SMILES string of the molecule is N#Cc1ccccc1S(=O)(=O)N1CCN(C(=O)C2CC(=O)N(c3cc(F)cc(F)c3)C2)CC1. The monoisotopic (exact) mass is 474 g/mol. The third-order valence-corrected chi connectivity index (χ3v) is 7.77. The first kappa shape index (κ1) is 22.8. The molecule has 0 N–H and O–H groups in total. The van der Waals surface area contributed by atoms with Gasteiger partial charge in [0.15, 0.2) is 0 Å². The van der Waals surface area contributed by atoms with E-state index in [2.05, 4.69) is 0 Å². The Bertz CT molecular complexity index is 1230. The standard InChI is InChI=1S/C22H20F2N4O4S/c23-17-10-18(24)12-19(11-17)28-14-16(9-21(28)29)22(30)26-5-7-27(8-6-26)33(31,32)20-4-2-1-3-15(20)13-25/h1-4,10-12,16H,5-9,14H2. The van der Waals surface area contributed by atoms with Crippen LogP contribution in [0.1, 0.15) is 12.0 Å². The third kappa shape index (κ3) is 4.44. The van der Waals surface area contributed by atoms with Crippen LogP contribution in [-0.2, 0) is 19.6 Å². The zero-order valence-electron chi connectivity index (χ0n) is 17.4. The molecular formula is C22H20F2N4O4S. The number of carbonyl (C=O) groups excluding carboxylic acids is 2. The maximum Gasteiger partial charge on any atom is 0.244 e. The fraction of sp³-hybridized carbons (Fsp3) is 0.318. The summed E-state index contributed by atoms with van der Waals surface area (Å²) in [4.78, 5) is 28.0. The zero-order valence-corrected chi connectivity index (χ0v) is 18.3. The van der Waals surface area contributed by atoms with E-state index in [-0.39, 0.29) is 61.2 Å². The van der Waals surface area contributed by atoms with E-state index in [0.29, 0.717) is 6.07 Å². The third-order valence-electron chi connectivity index (χ3n) is 5.81. The van der Waals surface area contributed by atoms with Gasteiger partial charge in [0.2, 0.25) is 21.8 Å². The number of anilines is 1. The number of sulfonamides is 1. The Morgan fingerprint density at radius 1 is 1.03 bits per heavy atom. The van der Waals surface area contributed by atoms with E-state index in [9.17, 15) is 32.0 Å². The highest BCUT2D eigenvalue weighted by Crippen LogP contribution is 2.28. The smallest absolute Gasteiger partial charge is 0.244 e. The van der Waals surface area contributed by atoms with Crippen LogP contribution in [0.25, 0.3) is 0 Å². The minimum absolute atomic E-state index is 0.00534. The lowest BCUT2D eigenvalue weighted by molar-refractivity contribution is -0.136. The largest absolute Gasteiger partial charge is 0.340 e. The second-order valence-electron chi connectivity index (χ2n) is 7.87. The number of hydrogen-bond donors (Lipinski definition) is 0. The highest BCUT2D eigenvalue weighted by molar-refractivity contribution is 7.89. The average molecular weight is 474 g/mol. The summed E-state index contributed by atoms with van der Waals surface area (Å²) < 4.78 is 54.2. The number of benzene rings is 2. The van der Waals surface area contributed by atoms with Crippen LogP contribution in [0.5, 0.6) is 0 Å². The quantitative estimate of drug-likeness (QED) is 0.672. The minimum Gasteiger partial charge on any atom is -0.340 e. The molecule has 2 fully saturated rings. The van der Waals surface area contributed by atoms with Gasteiger partial charge in [0.1, 0.15) is 17.7 Å². The maximum absolute atomic E-state index is 13.5. The Kier molecular flexibility index (Phi) is 6.14. The molecule has 0 bridgehead atoms. The lowest BCUT2D eigenvalue weighted by Crippen LogP contribution is -2.52. The molecule has 2 aromatic rings. The van der Waals surface area contributed by atoms with E-state index < -0.39 is 33.5 Å². The lowest BCUT2D eigenvalue weighted by atomic mass is 10.1. The highest BCUT2D eigenvalue weighted by Gasteiger charge is 2.39. The summed E-state index contributed by atoms with van der Waals surface area (Å²) in [5.74, 6) is -3.04. The van der Waals surface area contributed by atoms with Gasteiger partial charge >= 0.3 is 0 Å². The molecule has 0 spiro atoms. The van der Waals surface area contributed by atoms with Crippen LogP contribution in [0.3, 0.4) is 0 Å². The van der Waals surface area contributed by atoms with Gasteiger partial charge in [0, 0.05) is 50.9 Å². The van der Waals surface area contributed by atoms with E-state index in [1.165, 1.54) is 26.2 Å². The van der Waals surface area contributed by atoms with Crippen molar-refractivity contribution in [2.45, 2.75) is 11.3 Å². The van der Waals surface area contributed by atoms with Gasteiger partial charge in [-0.1, -0.05) is 12.1 Å². The molecule has 172 valence electrons. The van der Waals surface area contributed by atoms with Crippen LogP contribution >= 0.6 is 0 Å². The molecule has 2 heterocycles.